The maximum absolute atomic E-state index is 12.5. The third kappa shape index (κ3) is 6.35. The van der Waals surface area contributed by atoms with Crippen molar-refractivity contribution >= 4 is 39.2 Å². The van der Waals surface area contributed by atoms with Crippen molar-refractivity contribution in [2.24, 2.45) is 0 Å². The summed E-state index contributed by atoms with van der Waals surface area (Å²) in [4.78, 5) is 16.7. The smallest absolute Gasteiger partial charge is 0.321 e. The summed E-state index contributed by atoms with van der Waals surface area (Å²) in [5.74, 6) is 0.916. The van der Waals surface area contributed by atoms with Gasteiger partial charge in [-0.2, -0.15) is 0 Å². The van der Waals surface area contributed by atoms with E-state index in [1.807, 2.05) is 17.0 Å². The number of carbonyl (C=O) groups excluding carboxylic acids is 1. The van der Waals surface area contributed by atoms with Gasteiger partial charge in [0.2, 0.25) is 0 Å². The number of amides is 2. The number of hydrogen-bond acceptors (Lipinski definition) is 4. The third-order valence-electron chi connectivity index (χ3n) is 5.74. The molecular weight excluding hydrogens is 480 g/mol. The number of piperidine rings is 1. The number of benzene rings is 2. The van der Waals surface area contributed by atoms with Crippen LogP contribution in [0.2, 0.25) is 5.02 Å². The van der Waals surface area contributed by atoms with Crippen LogP contribution in [-0.4, -0.2) is 61.2 Å². The van der Waals surface area contributed by atoms with Gasteiger partial charge in [0.1, 0.15) is 11.9 Å². The molecule has 8 heteroatoms. The third-order valence-corrected chi connectivity index (χ3v) is 6.61. The standard InChI is InChI=1S/C23H28BrClN4O2/c24-21-15-17(1-6-22(21)31-20-7-9-26-10-8-20)16-28-11-13-29(14-12-28)23(30)27-19-4-2-18(25)3-5-19/h1-6,15,20,26H,7-14,16H2,(H,27,30). The number of urea groups is 1. The Morgan fingerprint density at radius 2 is 1.81 bits per heavy atom. The number of nitrogens with zero attached hydrogens (tertiary/aromatic N) is 2. The number of carbonyl (C=O) groups is 1. The Labute approximate surface area is 197 Å². The van der Waals surface area contributed by atoms with Crippen LogP contribution in [-0.2, 0) is 6.54 Å². The van der Waals surface area contributed by atoms with E-state index in [0.29, 0.717) is 18.1 Å². The van der Waals surface area contributed by atoms with Crippen LogP contribution >= 0.6 is 27.5 Å². The van der Waals surface area contributed by atoms with Crippen LogP contribution in [0.4, 0.5) is 10.5 Å². The number of nitrogens with one attached hydrogen (secondary N) is 2. The fraction of sp³-hybridized carbons (Fsp3) is 0.435. The van der Waals surface area contributed by atoms with E-state index in [1.165, 1.54) is 5.56 Å². The summed E-state index contributed by atoms with van der Waals surface area (Å²) in [6.07, 6.45) is 2.38. The van der Waals surface area contributed by atoms with E-state index in [1.54, 1.807) is 12.1 Å². The molecule has 2 aliphatic rings. The molecule has 2 aromatic carbocycles. The Hall–Kier alpha value is -1.80. The second-order valence-electron chi connectivity index (χ2n) is 8.03. The fourth-order valence-electron chi connectivity index (χ4n) is 3.93. The minimum absolute atomic E-state index is 0.0656. The van der Waals surface area contributed by atoms with Gasteiger partial charge in [0.15, 0.2) is 0 Å². The second kappa shape index (κ2) is 10.7. The molecule has 0 saturated carbocycles. The first-order valence-electron chi connectivity index (χ1n) is 10.8. The minimum atomic E-state index is -0.0656. The average molecular weight is 508 g/mol. The van der Waals surface area contributed by atoms with Gasteiger partial charge in [0.25, 0.3) is 0 Å². The van der Waals surface area contributed by atoms with Crippen molar-refractivity contribution in [1.82, 2.24) is 15.1 Å². The summed E-state index contributed by atoms with van der Waals surface area (Å²) in [5.41, 5.74) is 2.00. The number of rotatable bonds is 5. The summed E-state index contributed by atoms with van der Waals surface area (Å²) in [7, 11) is 0. The fourth-order valence-corrected chi connectivity index (χ4v) is 4.58. The lowest BCUT2D eigenvalue weighted by Crippen LogP contribution is -2.49. The van der Waals surface area contributed by atoms with Crippen molar-refractivity contribution in [3.8, 4) is 5.75 Å². The summed E-state index contributed by atoms with van der Waals surface area (Å²) >= 11 is 9.58. The summed E-state index contributed by atoms with van der Waals surface area (Å²) < 4.78 is 7.17. The lowest BCUT2D eigenvalue weighted by atomic mass is 10.1. The molecule has 166 valence electrons. The van der Waals surface area contributed by atoms with Crippen molar-refractivity contribution in [1.29, 1.82) is 0 Å². The van der Waals surface area contributed by atoms with Gasteiger partial charge in [0, 0.05) is 43.4 Å². The van der Waals surface area contributed by atoms with Crippen molar-refractivity contribution < 1.29 is 9.53 Å². The topological polar surface area (TPSA) is 56.8 Å². The Morgan fingerprint density at radius 3 is 2.48 bits per heavy atom. The zero-order valence-corrected chi connectivity index (χ0v) is 19.8. The van der Waals surface area contributed by atoms with E-state index in [4.69, 9.17) is 16.3 Å². The zero-order chi connectivity index (χ0) is 21.6. The number of hydrogen-bond donors (Lipinski definition) is 2. The molecule has 0 spiro atoms. The van der Waals surface area contributed by atoms with Crippen LogP contribution in [0.3, 0.4) is 0 Å². The van der Waals surface area contributed by atoms with Gasteiger partial charge < -0.3 is 20.3 Å². The molecule has 31 heavy (non-hydrogen) atoms. The molecule has 2 N–H and O–H groups in total. The maximum Gasteiger partial charge on any atom is 0.321 e. The van der Waals surface area contributed by atoms with Crippen LogP contribution < -0.4 is 15.4 Å². The van der Waals surface area contributed by atoms with Gasteiger partial charge in [-0.1, -0.05) is 17.7 Å². The van der Waals surface area contributed by atoms with Crippen LogP contribution in [0, 0.1) is 0 Å². The number of piperazine rings is 1. The van der Waals surface area contributed by atoms with Crippen molar-refractivity contribution in [3.05, 3.63) is 57.5 Å². The van der Waals surface area contributed by atoms with Crippen molar-refractivity contribution in [2.45, 2.75) is 25.5 Å². The molecule has 2 aliphatic heterocycles. The highest BCUT2D eigenvalue weighted by atomic mass is 79.9. The number of anilines is 1. The lowest BCUT2D eigenvalue weighted by Gasteiger charge is -2.34. The van der Waals surface area contributed by atoms with E-state index in [9.17, 15) is 4.79 Å². The van der Waals surface area contributed by atoms with Gasteiger partial charge in [-0.15, -0.1) is 0 Å². The van der Waals surface area contributed by atoms with Crippen molar-refractivity contribution in [2.75, 3.05) is 44.6 Å². The van der Waals surface area contributed by atoms with Crippen LogP contribution in [0.25, 0.3) is 0 Å². The van der Waals surface area contributed by atoms with Crippen LogP contribution in [0.15, 0.2) is 46.9 Å². The predicted molar refractivity (Wildman–Crippen MR) is 128 cm³/mol. The van der Waals surface area contributed by atoms with E-state index < -0.39 is 0 Å². The SMILES string of the molecule is O=C(Nc1ccc(Cl)cc1)N1CCN(Cc2ccc(OC3CCNCC3)c(Br)c2)CC1. The van der Waals surface area contributed by atoms with Gasteiger partial charge in [-0.05, 0) is 83.8 Å². The summed E-state index contributed by atoms with van der Waals surface area (Å²) in [6, 6.07) is 13.5. The quantitative estimate of drug-likeness (QED) is 0.622. The number of halogens is 2. The molecule has 2 fully saturated rings. The van der Waals surface area contributed by atoms with E-state index >= 15 is 0 Å². The minimum Gasteiger partial charge on any atom is -0.489 e. The molecule has 2 saturated heterocycles. The molecule has 0 aromatic heterocycles. The first-order chi connectivity index (χ1) is 15.1. The highest BCUT2D eigenvalue weighted by Gasteiger charge is 2.22. The molecule has 2 aromatic rings. The van der Waals surface area contributed by atoms with E-state index in [0.717, 1.165) is 61.5 Å². The highest BCUT2D eigenvalue weighted by Crippen LogP contribution is 2.29. The molecule has 0 atom stereocenters. The van der Waals surface area contributed by atoms with Gasteiger partial charge >= 0.3 is 6.03 Å². The van der Waals surface area contributed by atoms with Crippen LogP contribution in [0.1, 0.15) is 18.4 Å². The molecule has 0 aliphatic carbocycles. The highest BCUT2D eigenvalue weighted by molar-refractivity contribution is 9.10. The molecule has 6 nitrogen and oxygen atoms in total. The largest absolute Gasteiger partial charge is 0.489 e. The molecule has 0 unspecified atom stereocenters. The summed E-state index contributed by atoms with van der Waals surface area (Å²) in [5, 5.41) is 6.96. The van der Waals surface area contributed by atoms with Crippen molar-refractivity contribution in [3.63, 3.8) is 0 Å². The molecule has 0 bridgehead atoms. The van der Waals surface area contributed by atoms with E-state index in [-0.39, 0.29) is 12.1 Å². The lowest BCUT2D eigenvalue weighted by molar-refractivity contribution is 0.142. The monoisotopic (exact) mass is 506 g/mol. The normalized spacial score (nSPS) is 18.1. The summed E-state index contributed by atoms with van der Waals surface area (Å²) in [6.45, 7) is 6.00. The first kappa shape index (κ1) is 22.4. The average Bonchev–Trinajstić information content (AvgIpc) is 2.78. The molecule has 2 heterocycles. The molecular formula is C23H28BrClN4O2. The molecule has 2 amide bonds. The Morgan fingerprint density at radius 1 is 1.10 bits per heavy atom. The zero-order valence-electron chi connectivity index (χ0n) is 17.4. The Balaban J connectivity index is 1.25. The maximum atomic E-state index is 12.5. The number of ether oxygens (including phenoxy) is 1. The second-order valence-corrected chi connectivity index (χ2v) is 9.32. The van der Waals surface area contributed by atoms with Gasteiger partial charge in [-0.25, -0.2) is 4.79 Å². The van der Waals surface area contributed by atoms with E-state index in [2.05, 4.69) is 49.7 Å². The predicted octanol–water partition coefficient (Wildman–Crippen LogP) is 4.58. The van der Waals surface area contributed by atoms with Gasteiger partial charge in [0.05, 0.1) is 4.47 Å². The Bertz CT molecular complexity index is 882. The molecule has 4 rings (SSSR count). The first-order valence-corrected chi connectivity index (χ1v) is 11.9. The van der Waals surface area contributed by atoms with Crippen LogP contribution in [0.5, 0.6) is 5.75 Å². The Kier molecular flexibility index (Phi) is 7.72. The molecule has 0 radical (unpaired) electrons. The van der Waals surface area contributed by atoms with Gasteiger partial charge in [-0.3, -0.25) is 4.90 Å².